The summed E-state index contributed by atoms with van der Waals surface area (Å²) >= 11 is 0. The zero-order valence-corrected chi connectivity index (χ0v) is 24.6. The first-order chi connectivity index (χ1) is 19.6. The third kappa shape index (κ3) is 11.0. The van der Waals surface area contributed by atoms with Crippen LogP contribution in [0.3, 0.4) is 0 Å². The molecule has 214 valence electrons. The van der Waals surface area contributed by atoms with Crippen LogP contribution < -0.4 is 4.74 Å². The first kappa shape index (κ1) is 31.1. The fourth-order valence-electron chi connectivity index (χ4n) is 4.68. The molecular weight excluding hydrogens is 496 g/mol. The summed E-state index contributed by atoms with van der Waals surface area (Å²) in [6, 6.07) is 25.5. The molecule has 3 aromatic carbocycles. The Morgan fingerprint density at radius 2 is 1.48 bits per heavy atom. The summed E-state index contributed by atoms with van der Waals surface area (Å²) in [4.78, 5) is 12.5. The van der Waals surface area contributed by atoms with Crippen LogP contribution in [0.2, 0.25) is 0 Å². The molecule has 0 saturated carbocycles. The molecule has 3 aromatic rings. The largest absolute Gasteiger partial charge is 0.493 e. The zero-order valence-electron chi connectivity index (χ0n) is 24.6. The summed E-state index contributed by atoms with van der Waals surface area (Å²) in [5.74, 6) is 0.536. The third-order valence-corrected chi connectivity index (χ3v) is 6.95. The van der Waals surface area contributed by atoms with Gasteiger partial charge in [-0.25, -0.2) is 4.79 Å². The maximum Gasteiger partial charge on any atom is 0.338 e. The fourth-order valence-corrected chi connectivity index (χ4v) is 4.68. The average molecular weight is 543 g/mol. The SMILES string of the molecule is CCCCCCCCOc1cc(N=N[C@@H](CCCC)C[C@H](C)OC(=O)c2ccccc2)ccc1-c1ccccc1. The maximum absolute atomic E-state index is 12.5. The Labute approximate surface area is 241 Å². The number of azo groups is 1. The minimum atomic E-state index is -0.303. The average Bonchev–Trinajstić information content (AvgIpc) is 2.99. The van der Waals surface area contributed by atoms with E-state index in [4.69, 9.17) is 14.6 Å². The van der Waals surface area contributed by atoms with Gasteiger partial charge >= 0.3 is 5.97 Å². The Hall–Kier alpha value is -3.47. The van der Waals surface area contributed by atoms with Gasteiger partial charge in [0.2, 0.25) is 0 Å². The van der Waals surface area contributed by atoms with E-state index in [-0.39, 0.29) is 18.1 Å². The molecule has 40 heavy (non-hydrogen) atoms. The Kier molecular flexibility index (Phi) is 14.0. The van der Waals surface area contributed by atoms with Crippen molar-refractivity contribution in [2.45, 2.75) is 97.1 Å². The Bertz CT molecular complexity index is 1150. The molecule has 5 heteroatoms. The van der Waals surface area contributed by atoms with Crippen LogP contribution in [-0.4, -0.2) is 24.7 Å². The van der Waals surface area contributed by atoms with Gasteiger partial charge in [0, 0.05) is 18.1 Å². The summed E-state index contributed by atoms with van der Waals surface area (Å²) in [5.41, 5.74) is 3.52. The molecule has 0 N–H and O–H groups in total. The minimum absolute atomic E-state index is 0.0280. The highest BCUT2D eigenvalue weighted by Gasteiger charge is 2.17. The highest BCUT2D eigenvalue weighted by molar-refractivity contribution is 5.89. The number of hydrogen-bond acceptors (Lipinski definition) is 5. The number of benzene rings is 3. The molecule has 0 radical (unpaired) electrons. The zero-order chi connectivity index (χ0) is 28.4. The standard InChI is InChI=1S/C35H46N2O3/c1-4-6-8-9-10-17-25-39-34-27-32(23-24-33(34)29-18-13-11-14-19-29)37-36-31(22-7-5-2)26-28(3)40-35(38)30-20-15-12-16-21-30/h11-16,18-21,23-24,27-28,31H,4-10,17,22,25-26H2,1-3H3/t28-,31-/m0/s1. The minimum Gasteiger partial charge on any atom is -0.493 e. The molecule has 3 rings (SSSR count). The molecule has 0 saturated heterocycles. The Morgan fingerprint density at radius 1 is 0.800 bits per heavy atom. The van der Waals surface area contributed by atoms with Crippen molar-refractivity contribution in [3.63, 3.8) is 0 Å². The van der Waals surface area contributed by atoms with E-state index < -0.39 is 0 Å². The summed E-state index contributed by atoms with van der Waals surface area (Å²) in [6.45, 7) is 7.03. The van der Waals surface area contributed by atoms with Gasteiger partial charge in [0.1, 0.15) is 11.9 Å². The van der Waals surface area contributed by atoms with Gasteiger partial charge < -0.3 is 9.47 Å². The van der Waals surface area contributed by atoms with E-state index in [9.17, 15) is 4.79 Å². The van der Waals surface area contributed by atoms with Crippen LogP contribution in [0.25, 0.3) is 11.1 Å². The van der Waals surface area contributed by atoms with Gasteiger partial charge in [-0.1, -0.05) is 107 Å². The van der Waals surface area contributed by atoms with E-state index in [0.29, 0.717) is 18.6 Å². The molecule has 0 aliphatic rings. The van der Waals surface area contributed by atoms with Gasteiger partial charge in [0.25, 0.3) is 0 Å². The molecular formula is C35H46N2O3. The predicted molar refractivity (Wildman–Crippen MR) is 165 cm³/mol. The Balaban J connectivity index is 1.68. The lowest BCUT2D eigenvalue weighted by atomic mass is 10.0. The van der Waals surface area contributed by atoms with Crippen LogP contribution in [0.5, 0.6) is 5.75 Å². The first-order valence-corrected chi connectivity index (χ1v) is 15.1. The van der Waals surface area contributed by atoms with Crippen molar-refractivity contribution in [1.29, 1.82) is 0 Å². The van der Waals surface area contributed by atoms with Gasteiger partial charge in [-0.05, 0) is 49.6 Å². The quantitative estimate of drug-likeness (QED) is 0.0912. The first-order valence-electron chi connectivity index (χ1n) is 15.1. The van der Waals surface area contributed by atoms with Crippen LogP contribution in [0.15, 0.2) is 89.1 Å². The van der Waals surface area contributed by atoms with Crippen molar-refractivity contribution in [2.24, 2.45) is 10.2 Å². The lowest BCUT2D eigenvalue weighted by molar-refractivity contribution is 0.0308. The monoisotopic (exact) mass is 542 g/mol. The number of ether oxygens (including phenoxy) is 2. The van der Waals surface area contributed by atoms with Gasteiger partial charge in [-0.2, -0.15) is 10.2 Å². The molecule has 0 amide bonds. The normalized spacial score (nSPS) is 12.8. The van der Waals surface area contributed by atoms with Crippen molar-refractivity contribution >= 4 is 11.7 Å². The van der Waals surface area contributed by atoms with Gasteiger partial charge in [-0.15, -0.1) is 0 Å². The van der Waals surface area contributed by atoms with E-state index in [1.807, 2.05) is 55.5 Å². The third-order valence-electron chi connectivity index (χ3n) is 6.95. The lowest BCUT2D eigenvalue weighted by Gasteiger charge is -2.18. The van der Waals surface area contributed by atoms with E-state index in [0.717, 1.165) is 48.2 Å². The summed E-state index contributed by atoms with van der Waals surface area (Å²) in [6.07, 6.45) is 10.7. The van der Waals surface area contributed by atoms with Crippen molar-refractivity contribution in [2.75, 3.05) is 6.61 Å². The molecule has 0 aliphatic heterocycles. The molecule has 2 atom stereocenters. The van der Waals surface area contributed by atoms with Crippen molar-refractivity contribution in [3.8, 4) is 16.9 Å². The highest BCUT2D eigenvalue weighted by Crippen LogP contribution is 2.34. The number of esters is 1. The number of nitrogens with zero attached hydrogens (tertiary/aromatic N) is 2. The van der Waals surface area contributed by atoms with Crippen molar-refractivity contribution in [3.05, 3.63) is 84.4 Å². The van der Waals surface area contributed by atoms with Crippen molar-refractivity contribution < 1.29 is 14.3 Å². The molecule has 0 unspecified atom stereocenters. The highest BCUT2D eigenvalue weighted by atomic mass is 16.5. The second kappa shape index (κ2) is 18.0. The topological polar surface area (TPSA) is 60.3 Å². The molecule has 0 aromatic heterocycles. The molecule has 0 fully saturated rings. The number of unbranched alkanes of at least 4 members (excludes halogenated alkanes) is 6. The Morgan fingerprint density at radius 3 is 2.20 bits per heavy atom. The van der Waals surface area contributed by atoms with Crippen LogP contribution in [0.4, 0.5) is 5.69 Å². The molecule has 0 heterocycles. The van der Waals surface area contributed by atoms with Crippen LogP contribution in [0.1, 0.15) is 95.3 Å². The fraction of sp³-hybridized carbons (Fsp3) is 0.457. The second-order valence-corrected chi connectivity index (χ2v) is 10.5. The number of carbonyl (C=O) groups excluding carboxylic acids is 1. The van der Waals surface area contributed by atoms with Crippen LogP contribution in [-0.2, 0) is 4.74 Å². The van der Waals surface area contributed by atoms with Gasteiger partial charge in [0.15, 0.2) is 0 Å². The smallest absolute Gasteiger partial charge is 0.338 e. The van der Waals surface area contributed by atoms with E-state index in [1.165, 1.54) is 32.1 Å². The predicted octanol–water partition coefficient (Wildman–Crippen LogP) is 10.4. The van der Waals surface area contributed by atoms with E-state index >= 15 is 0 Å². The van der Waals surface area contributed by atoms with E-state index in [2.05, 4.69) is 37.2 Å². The molecule has 5 nitrogen and oxygen atoms in total. The lowest BCUT2D eigenvalue weighted by Crippen LogP contribution is -2.20. The summed E-state index contributed by atoms with van der Waals surface area (Å²) in [7, 11) is 0. The molecule has 0 aliphatic carbocycles. The van der Waals surface area contributed by atoms with Crippen LogP contribution in [0, 0.1) is 0 Å². The second-order valence-electron chi connectivity index (χ2n) is 10.5. The van der Waals surface area contributed by atoms with Gasteiger partial charge in [-0.3, -0.25) is 0 Å². The van der Waals surface area contributed by atoms with Gasteiger partial charge in [0.05, 0.1) is 23.9 Å². The van der Waals surface area contributed by atoms with E-state index in [1.54, 1.807) is 12.1 Å². The molecule has 0 spiro atoms. The maximum atomic E-state index is 12.5. The summed E-state index contributed by atoms with van der Waals surface area (Å²) < 4.78 is 12.0. The number of carbonyl (C=O) groups is 1. The summed E-state index contributed by atoms with van der Waals surface area (Å²) in [5, 5.41) is 9.34. The number of hydrogen-bond donors (Lipinski definition) is 0. The van der Waals surface area contributed by atoms with Crippen molar-refractivity contribution in [1.82, 2.24) is 0 Å². The van der Waals surface area contributed by atoms with Crippen LogP contribution >= 0.6 is 0 Å². The molecule has 0 bridgehead atoms. The number of rotatable bonds is 18.